The van der Waals surface area contributed by atoms with Crippen molar-refractivity contribution in [2.75, 3.05) is 19.8 Å². The Morgan fingerprint density at radius 3 is 2.96 bits per heavy atom. The lowest BCUT2D eigenvalue weighted by molar-refractivity contribution is -0.139. The minimum Gasteiger partial charge on any atom is -0.377 e. The predicted octanol–water partition coefficient (Wildman–Crippen LogP) is 2.43. The summed E-state index contributed by atoms with van der Waals surface area (Å²) in [5, 5.41) is 6.98. The zero-order valence-electron chi connectivity index (χ0n) is 13.8. The van der Waals surface area contributed by atoms with Gasteiger partial charge in [0.05, 0.1) is 31.4 Å². The van der Waals surface area contributed by atoms with Gasteiger partial charge in [-0.05, 0) is 48.4 Å². The van der Waals surface area contributed by atoms with Gasteiger partial charge in [-0.25, -0.2) is 0 Å². The largest absolute Gasteiger partial charge is 0.377 e. The van der Waals surface area contributed by atoms with Gasteiger partial charge in [0, 0.05) is 12.7 Å². The molecule has 0 saturated carbocycles. The van der Waals surface area contributed by atoms with Crippen LogP contribution in [0.4, 0.5) is 0 Å². The summed E-state index contributed by atoms with van der Waals surface area (Å²) < 4.78 is 5.57. The van der Waals surface area contributed by atoms with E-state index in [1.165, 1.54) is 30.4 Å². The topological polar surface area (TPSA) is 58.2 Å². The van der Waals surface area contributed by atoms with Crippen LogP contribution in [0, 0.1) is 0 Å². The van der Waals surface area contributed by atoms with Crippen molar-refractivity contribution >= 4 is 5.91 Å². The Labute approximate surface area is 142 Å². The van der Waals surface area contributed by atoms with Gasteiger partial charge in [0.2, 0.25) is 5.91 Å². The highest BCUT2D eigenvalue weighted by atomic mass is 16.5. The second-order valence-electron chi connectivity index (χ2n) is 6.68. The monoisotopic (exact) mass is 325 g/mol. The summed E-state index contributed by atoms with van der Waals surface area (Å²) in [7, 11) is 0. The molecule has 2 heterocycles. The fourth-order valence-corrected chi connectivity index (χ4v) is 3.78. The minimum absolute atomic E-state index is 0.0635. The Morgan fingerprint density at radius 1 is 1.25 bits per heavy atom. The molecule has 1 amide bonds. The molecule has 2 aliphatic rings. The summed E-state index contributed by atoms with van der Waals surface area (Å²) in [5.74, 6) is 0.161. The van der Waals surface area contributed by atoms with Crippen LogP contribution in [0.3, 0.4) is 0 Å². The third-order valence-electron chi connectivity index (χ3n) is 5.10. The van der Waals surface area contributed by atoms with Crippen LogP contribution in [-0.2, 0) is 28.8 Å². The molecule has 0 radical (unpaired) electrons. The number of morpholine rings is 1. The van der Waals surface area contributed by atoms with Gasteiger partial charge in [0.25, 0.3) is 0 Å². The summed E-state index contributed by atoms with van der Waals surface area (Å²) >= 11 is 0. The molecule has 126 valence electrons. The summed E-state index contributed by atoms with van der Waals surface area (Å²) in [6.45, 7) is 1.76. The minimum atomic E-state index is -0.0635. The van der Waals surface area contributed by atoms with Crippen LogP contribution in [0.15, 0.2) is 30.5 Å². The van der Waals surface area contributed by atoms with E-state index in [4.69, 9.17) is 4.74 Å². The molecular formula is C19H23N3O2. The van der Waals surface area contributed by atoms with Crippen LogP contribution < -0.4 is 0 Å². The van der Waals surface area contributed by atoms with Crippen LogP contribution in [0.5, 0.6) is 0 Å². The highest BCUT2D eigenvalue weighted by Crippen LogP contribution is 2.25. The van der Waals surface area contributed by atoms with Gasteiger partial charge < -0.3 is 9.64 Å². The molecule has 1 aliphatic carbocycles. The number of hydrogen-bond donors (Lipinski definition) is 1. The van der Waals surface area contributed by atoms with E-state index >= 15 is 0 Å². The Bertz CT molecular complexity index is 711. The lowest BCUT2D eigenvalue weighted by Gasteiger charge is -2.35. The number of hydrogen-bond acceptors (Lipinski definition) is 3. The molecule has 2 aromatic rings. The second kappa shape index (κ2) is 6.77. The molecule has 24 heavy (non-hydrogen) atoms. The van der Waals surface area contributed by atoms with E-state index in [9.17, 15) is 4.79 Å². The van der Waals surface area contributed by atoms with Crippen molar-refractivity contribution in [1.82, 2.24) is 15.1 Å². The van der Waals surface area contributed by atoms with Crippen LogP contribution in [0.25, 0.3) is 0 Å². The maximum Gasteiger partial charge on any atom is 0.227 e. The van der Waals surface area contributed by atoms with Gasteiger partial charge in [0.15, 0.2) is 0 Å². The molecule has 1 fully saturated rings. The van der Waals surface area contributed by atoms with Crippen LogP contribution in [-0.4, -0.2) is 40.8 Å². The number of fused-ring (bicyclic) bond motifs is 1. The summed E-state index contributed by atoms with van der Waals surface area (Å²) in [5.41, 5.74) is 4.95. The molecule has 1 aromatic carbocycles. The molecule has 4 rings (SSSR count). The van der Waals surface area contributed by atoms with Crippen LogP contribution >= 0.6 is 0 Å². The van der Waals surface area contributed by atoms with E-state index in [1.807, 2.05) is 11.0 Å². The highest BCUT2D eigenvalue weighted by Gasteiger charge is 2.29. The van der Waals surface area contributed by atoms with Gasteiger partial charge >= 0.3 is 0 Å². The molecule has 0 unspecified atom stereocenters. The van der Waals surface area contributed by atoms with Gasteiger partial charge in [0.1, 0.15) is 0 Å². The van der Waals surface area contributed by atoms with Crippen molar-refractivity contribution in [2.24, 2.45) is 0 Å². The van der Waals surface area contributed by atoms with Gasteiger partial charge in [-0.2, -0.15) is 5.10 Å². The van der Waals surface area contributed by atoms with Crippen molar-refractivity contribution in [2.45, 2.75) is 38.1 Å². The SMILES string of the molecule is O=C(Cc1ccc2c(c1)CCCC2)N1CCOC[C@@H]1c1ccn[nH]1. The number of aromatic nitrogens is 2. The fourth-order valence-electron chi connectivity index (χ4n) is 3.78. The number of aryl methyl sites for hydroxylation is 2. The Hall–Kier alpha value is -2.14. The Balaban J connectivity index is 1.50. The third kappa shape index (κ3) is 3.08. The Morgan fingerprint density at radius 2 is 2.12 bits per heavy atom. The first-order valence-corrected chi connectivity index (χ1v) is 8.78. The lowest BCUT2D eigenvalue weighted by atomic mass is 9.90. The summed E-state index contributed by atoms with van der Waals surface area (Å²) in [4.78, 5) is 14.8. The molecule has 5 heteroatoms. The molecule has 5 nitrogen and oxygen atoms in total. The number of nitrogens with zero attached hydrogens (tertiary/aromatic N) is 2. The molecule has 0 spiro atoms. The zero-order valence-corrected chi connectivity index (χ0v) is 13.8. The third-order valence-corrected chi connectivity index (χ3v) is 5.10. The lowest BCUT2D eigenvalue weighted by Crippen LogP contribution is -2.44. The molecule has 1 atom stereocenters. The van der Waals surface area contributed by atoms with E-state index < -0.39 is 0 Å². The first kappa shape index (κ1) is 15.4. The highest BCUT2D eigenvalue weighted by molar-refractivity contribution is 5.79. The van der Waals surface area contributed by atoms with E-state index in [0.29, 0.717) is 26.2 Å². The number of rotatable bonds is 3. The first-order valence-electron chi connectivity index (χ1n) is 8.78. The number of ether oxygens (including phenoxy) is 1. The normalized spacial score (nSPS) is 20.7. The number of carbonyl (C=O) groups is 1. The molecule has 1 aromatic heterocycles. The number of aromatic amines is 1. The number of nitrogens with one attached hydrogen (secondary N) is 1. The van der Waals surface area contributed by atoms with Crippen LogP contribution in [0.2, 0.25) is 0 Å². The molecule has 0 bridgehead atoms. The van der Waals surface area contributed by atoms with Crippen molar-refractivity contribution in [3.63, 3.8) is 0 Å². The van der Waals surface area contributed by atoms with Gasteiger partial charge in [-0.3, -0.25) is 9.89 Å². The number of amides is 1. The number of H-pyrrole nitrogens is 1. The maximum atomic E-state index is 12.9. The standard InChI is InChI=1S/C19H23N3O2/c23-19(12-14-5-6-15-3-1-2-4-16(15)11-14)22-9-10-24-13-18(22)17-7-8-20-21-17/h5-8,11,18H,1-4,9-10,12-13H2,(H,20,21)/t18-/m1/s1. The van der Waals surface area contributed by atoms with Crippen LogP contribution in [0.1, 0.15) is 41.3 Å². The summed E-state index contributed by atoms with van der Waals surface area (Å²) in [6.07, 6.45) is 7.04. The molecule has 1 aliphatic heterocycles. The van der Waals surface area contributed by atoms with Crippen molar-refractivity contribution in [3.05, 3.63) is 52.8 Å². The number of carbonyl (C=O) groups excluding carboxylic acids is 1. The molecular weight excluding hydrogens is 302 g/mol. The van der Waals surface area contributed by atoms with Crippen molar-refractivity contribution in [3.8, 4) is 0 Å². The van der Waals surface area contributed by atoms with E-state index in [-0.39, 0.29) is 11.9 Å². The van der Waals surface area contributed by atoms with Crippen molar-refractivity contribution < 1.29 is 9.53 Å². The average Bonchev–Trinajstić information content (AvgIpc) is 3.16. The quantitative estimate of drug-likeness (QED) is 0.943. The second-order valence-corrected chi connectivity index (χ2v) is 6.68. The van der Waals surface area contributed by atoms with Crippen molar-refractivity contribution in [1.29, 1.82) is 0 Å². The predicted molar refractivity (Wildman–Crippen MR) is 90.6 cm³/mol. The summed E-state index contributed by atoms with van der Waals surface area (Å²) in [6, 6.07) is 8.42. The van der Waals surface area contributed by atoms with E-state index in [1.54, 1.807) is 6.20 Å². The zero-order chi connectivity index (χ0) is 16.4. The van der Waals surface area contributed by atoms with Gasteiger partial charge in [-0.15, -0.1) is 0 Å². The number of benzene rings is 1. The average molecular weight is 325 g/mol. The maximum absolute atomic E-state index is 12.9. The molecule has 1 saturated heterocycles. The molecule has 1 N–H and O–H groups in total. The Kier molecular flexibility index (Phi) is 4.34. The fraction of sp³-hybridized carbons (Fsp3) is 0.474. The van der Waals surface area contributed by atoms with E-state index in [2.05, 4.69) is 28.4 Å². The van der Waals surface area contributed by atoms with E-state index in [0.717, 1.165) is 17.7 Å². The smallest absolute Gasteiger partial charge is 0.227 e. The van der Waals surface area contributed by atoms with Gasteiger partial charge in [-0.1, -0.05) is 18.2 Å². The first-order chi connectivity index (χ1) is 11.8.